The molecular formula is C15H26ClN3S. The molecule has 1 aromatic rings. The minimum absolute atomic E-state index is 0.565. The van der Waals surface area contributed by atoms with E-state index in [-0.39, 0.29) is 0 Å². The Kier molecular flexibility index (Phi) is 8.34. The number of thioether (sulfide) groups is 1. The maximum atomic E-state index is 6.28. The van der Waals surface area contributed by atoms with E-state index in [1.165, 1.54) is 0 Å². The third kappa shape index (κ3) is 5.51. The highest BCUT2D eigenvalue weighted by Crippen LogP contribution is 2.20. The summed E-state index contributed by atoms with van der Waals surface area (Å²) in [5, 5.41) is 4.06. The molecule has 114 valence electrons. The molecule has 0 saturated carbocycles. The fourth-order valence-corrected chi connectivity index (χ4v) is 3.10. The Hall–Kier alpha value is -0.450. The zero-order chi connectivity index (χ0) is 15.0. The lowest BCUT2D eigenvalue weighted by Crippen LogP contribution is -2.33. The molecule has 1 heterocycles. The SMILES string of the molecule is CCCNc1ccc(Cl)c(CN(C)C(CC)CSC)n1. The summed E-state index contributed by atoms with van der Waals surface area (Å²) in [6, 6.07) is 4.45. The van der Waals surface area contributed by atoms with Crippen LogP contribution in [0.5, 0.6) is 0 Å². The van der Waals surface area contributed by atoms with Crippen molar-refractivity contribution in [1.82, 2.24) is 9.88 Å². The second kappa shape index (κ2) is 9.48. The summed E-state index contributed by atoms with van der Waals surface area (Å²) >= 11 is 8.16. The van der Waals surface area contributed by atoms with Crippen LogP contribution < -0.4 is 5.32 Å². The summed E-state index contributed by atoms with van der Waals surface area (Å²) in [7, 11) is 2.15. The van der Waals surface area contributed by atoms with E-state index in [0.717, 1.165) is 48.2 Å². The van der Waals surface area contributed by atoms with Crippen LogP contribution in [0.4, 0.5) is 5.82 Å². The fourth-order valence-electron chi connectivity index (χ4n) is 2.06. The summed E-state index contributed by atoms with van der Waals surface area (Å²) in [5.41, 5.74) is 0.954. The molecule has 0 spiro atoms. The molecule has 0 fully saturated rings. The van der Waals surface area contributed by atoms with E-state index in [0.29, 0.717) is 6.04 Å². The van der Waals surface area contributed by atoms with E-state index >= 15 is 0 Å². The van der Waals surface area contributed by atoms with Crippen LogP contribution in [0.1, 0.15) is 32.4 Å². The molecule has 0 saturated heterocycles. The Bertz CT molecular complexity index is 401. The Morgan fingerprint density at radius 1 is 1.40 bits per heavy atom. The van der Waals surface area contributed by atoms with Crippen LogP contribution in [0.25, 0.3) is 0 Å². The van der Waals surface area contributed by atoms with Crippen LogP contribution in [0.2, 0.25) is 5.02 Å². The zero-order valence-corrected chi connectivity index (χ0v) is 14.5. The Morgan fingerprint density at radius 2 is 2.15 bits per heavy atom. The number of aromatic nitrogens is 1. The lowest BCUT2D eigenvalue weighted by molar-refractivity contribution is 0.245. The van der Waals surface area contributed by atoms with Crippen molar-refractivity contribution in [2.75, 3.05) is 30.9 Å². The van der Waals surface area contributed by atoms with Crippen LogP contribution in [0.15, 0.2) is 12.1 Å². The average Bonchev–Trinajstić information content (AvgIpc) is 2.45. The second-order valence-corrected chi connectivity index (χ2v) is 6.30. The van der Waals surface area contributed by atoms with Crippen molar-refractivity contribution >= 4 is 29.2 Å². The quantitative estimate of drug-likeness (QED) is 0.741. The van der Waals surface area contributed by atoms with Crippen molar-refractivity contribution in [2.45, 2.75) is 39.3 Å². The highest BCUT2D eigenvalue weighted by molar-refractivity contribution is 7.98. The topological polar surface area (TPSA) is 28.2 Å². The predicted molar refractivity (Wildman–Crippen MR) is 92.0 cm³/mol. The highest BCUT2D eigenvalue weighted by atomic mass is 35.5. The first kappa shape index (κ1) is 17.6. The van der Waals surface area contributed by atoms with E-state index in [4.69, 9.17) is 11.6 Å². The van der Waals surface area contributed by atoms with Gasteiger partial charge in [0.1, 0.15) is 5.82 Å². The number of nitrogens with zero attached hydrogens (tertiary/aromatic N) is 2. The van der Waals surface area contributed by atoms with Gasteiger partial charge in [-0.25, -0.2) is 4.98 Å². The summed E-state index contributed by atoms with van der Waals surface area (Å²) < 4.78 is 0. The van der Waals surface area contributed by atoms with E-state index in [1.54, 1.807) is 0 Å². The zero-order valence-electron chi connectivity index (χ0n) is 12.9. The van der Waals surface area contributed by atoms with E-state index in [1.807, 2.05) is 23.9 Å². The molecule has 0 aromatic carbocycles. The molecule has 0 aliphatic rings. The predicted octanol–water partition coefficient (Wildman–Crippen LogP) is 4.13. The Balaban J connectivity index is 2.74. The van der Waals surface area contributed by atoms with Gasteiger partial charge in [-0.1, -0.05) is 25.4 Å². The maximum absolute atomic E-state index is 6.28. The standard InChI is InChI=1S/C15H26ClN3S/c1-5-9-17-15-8-7-13(16)14(18-15)10-19(3)12(6-2)11-20-4/h7-8,12H,5-6,9-11H2,1-4H3,(H,17,18). The van der Waals surface area contributed by atoms with Crippen molar-refractivity contribution in [3.63, 3.8) is 0 Å². The maximum Gasteiger partial charge on any atom is 0.126 e. The number of halogens is 1. The van der Waals surface area contributed by atoms with E-state index < -0.39 is 0 Å². The normalized spacial score (nSPS) is 12.7. The number of anilines is 1. The third-order valence-corrected chi connectivity index (χ3v) is 4.39. The molecule has 3 nitrogen and oxygen atoms in total. The lowest BCUT2D eigenvalue weighted by atomic mass is 10.2. The molecule has 0 bridgehead atoms. The van der Waals surface area contributed by atoms with Gasteiger partial charge in [-0.15, -0.1) is 0 Å². The van der Waals surface area contributed by atoms with Gasteiger partial charge in [0, 0.05) is 24.9 Å². The molecule has 5 heteroatoms. The molecule has 0 aliphatic heterocycles. The molecule has 1 rings (SSSR count). The fraction of sp³-hybridized carbons (Fsp3) is 0.667. The van der Waals surface area contributed by atoms with Gasteiger partial charge >= 0.3 is 0 Å². The van der Waals surface area contributed by atoms with Gasteiger partial charge < -0.3 is 5.32 Å². The lowest BCUT2D eigenvalue weighted by Gasteiger charge is -2.26. The van der Waals surface area contributed by atoms with Crippen molar-refractivity contribution in [1.29, 1.82) is 0 Å². The average molecular weight is 316 g/mol. The number of pyridine rings is 1. The monoisotopic (exact) mass is 315 g/mol. The van der Waals surface area contributed by atoms with Gasteiger partial charge in [0.25, 0.3) is 0 Å². The molecule has 0 radical (unpaired) electrons. The van der Waals surface area contributed by atoms with Crippen LogP contribution in [0, 0.1) is 0 Å². The number of hydrogen-bond donors (Lipinski definition) is 1. The minimum atomic E-state index is 0.565. The highest BCUT2D eigenvalue weighted by Gasteiger charge is 2.15. The second-order valence-electron chi connectivity index (χ2n) is 4.98. The van der Waals surface area contributed by atoms with Gasteiger partial charge in [0.15, 0.2) is 0 Å². The third-order valence-electron chi connectivity index (χ3n) is 3.33. The van der Waals surface area contributed by atoms with E-state index in [2.05, 4.69) is 42.4 Å². The van der Waals surface area contributed by atoms with Gasteiger partial charge in [0.2, 0.25) is 0 Å². The van der Waals surface area contributed by atoms with Crippen molar-refractivity contribution in [3.05, 3.63) is 22.8 Å². The molecule has 0 amide bonds. The number of hydrogen-bond acceptors (Lipinski definition) is 4. The first-order valence-corrected chi connectivity index (χ1v) is 8.98. The molecule has 1 N–H and O–H groups in total. The summed E-state index contributed by atoms with van der Waals surface area (Å²) in [6.45, 7) is 6.10. The van der Waals surface area contributed by atoms with Crippen LogP contribution in [0.3, 0.4) is 0 Å². The molecule has 20 heavy (non-hydrogen) atoms. The van der Waals surface area contributed by atoms with Crippen LogP contribution in [-0.4, -0.2) is 41.5 Å². The minimum Gasteiger partial charge on any atom is -0.370 e. The largest absolute Gasteiger partial charge is 0.370 e. The van der Waals surface area contributed by atoms with Crippen molar-refractivity contribution in [2.24, 2.45) is 0 Å². The summed E-state index contributed by atoms with van der Waals surface area (Å²) in [4.78, 5) is 6.98. The Labute approximate surface area is 132 Å². The van der Waals surface area contributed by atoms with E-state index in [9.17, 15) is 0 Å². The summed E-state index contributed by atoms with van der Waals surface area (Å²) in [6.07, 6.45) is 4.38. The molecule has 0 aliphatic carbocycles. The molecule has 1 unspecified atom stereocenters. The van der Waals surface area contributed by atoms with Gasteiger partial charge in [-0.05, 0) is 38.3 Å². The van der Waals surface area contributed by atoms with Gasteiger partial charge in [0.05, 0.1) is 10.7 Å². The molecular weight excluding hydrogens is 290 g/mol. The summed E-state index contributed by atoms with van der Waals surface area (Å²) in [5.74, 6) is 2.05. The first-order valence-electron chi connectivity index (χ1n) is 7.20. The van der Waals surface area contributed by atoms with Crippen LogP contribution in [-0.2, 0) is 6.54 Å². The van der Waals surface area contributed by atoms with Crippen LogP contribution >= 0.6 is 23.4 Å². The smallest absolute Gasteiger partial charge is 0.126 e. The van der Waals surface area contributed by atoms with Crippen molar-refractivity contribution < 1.29 is 0 Å². The number of rotatable bonds is 9. The molecule has 1 atom stereocenters. The van der Waals surface area contributed by atoms with Crippen molar-refractivity contribution in [3.8, 4) is 0 Å². The number of nitrogens with one attached hydrogen (secondary N) is 1. The molecule has 1 aromatic heterocycles. The Morgan fingerprint density at radius 3 is 2.75 bits per heavy atom. The van der Waals surface area contributed by atoms with Gasteiger partial charge in [-0.3, -0.25) is 4.90 Å². The first-order chi connectivity index (χ1) is 9.62. The van der Waals surface area contributed by atoms with Gasteiger partial charge in [-0.2, -0.15) is 11.8 Å².